The van der Waals surface area contributed by atoms with E-state index in [-0.39, 0.29) is 21.3 Å². The van der Waals surface area contributed by atoms with Crippen molar-refractivity contribution in [3.63, 3.8) is 0 Å². The number of nitrogens with zero attached hydrogens (tertiary/aromatic N) is 2. The van der Waals surface area contributed by atoms with Crippen molar-refractivity contribution in [1.29, 1.82) is 0 Å². The van der Waals surface area contributed by atoms with Gasteiger partial charge in [0.15, 0.2) is 5.82 Å². The SMILES string of the molecule is O=C(O)c1ccc(S(=O)(=O)Nc2cccnn2)cc1Cl. The molecule has 20 heavy (non-hydrogen) atoms. The summed E-state index contributed by atoms with van der Waals surface area (Å²) in [4.78, 5) is 10.6. The molecule has 0 unspecified atom stereocenters. The number of rotatable bonds is 4. The van der Waals surface area contributed by atoms with Crippen LogP contribution in [-0.4, -0.2) is 29.7 Å². The molecule has 0 bridgehead atoms. The van der Waals surface area contributed by atoms with E-state index in [1.54, 1.807) is 0 Å². The zero-order chi connectivity index (χ0) is 14.8. The smallest absolute Gasteiger partial charge is 0.337 e. The van der Waals surface area contributed by atoms with Gasteiger partial charge in [0, 0.05) is 6.20 Å². The van der Waals surface area contributed by atoms with Crippen molar-refractivity contribution >= 4 is 33.4 Å². The number of hydrogen-bond acceptors (Lipinski definition) is 5. The highest BCUT2D eigenvalue weighted by Crippen LogP contribution is 2.22. The number of benzene rings is 1. The number of hydrogen-bond donors (Lipinski definition) is 2. The minimum atomic E-state index is -3.91. The first kappa shape index (κ1) is 14.2. The van der Waals surface area contributed by atoms with Gasteiger partial charge in [-0.25, -0.2) is 13.2 Å². The summed E-state index contributed by atoms with van der Waals surface area (Å²) in [6, 6.07) is 6.27. The van der Waals surface area contributed by atoms with E-state index in [9.17, 15) is 13.2 Å². The number of aromatic carboxylic acids is 1. The standard InChI is InChI=1S/C11H8ClN3O4S/c12-9-6-7(3-4-8(9)11(16)17)20(18,19)15-10-2-1-5-13-14-10/h1-6H,(H,14,15)(H,16,17). The van der Waals surface area contributed by atoms with E-state index in [0.29, 0.717) is 0 Å². The Hall–Kier alpha value is -2.19. The number of nitrogens with one attached hydrogen (secondary N) is 1. The van der Waals surface area contributed by atoms with Crippen molar-refractivity contribution in [2.75, 3.05) is 4.72 Å². The fourth-order valence-corrected chi connectivity index (χ4v) is 2.74. The van der Waals surface area contributed by atoms with Gasteiger partial charge in [0.1, 0.15) is 0 Å². The molecular weight excluding hydrogens is 306 g/mol. The zero-order valence-electron chi connectivity index (χ0n) is 9.82. The largest absolute Gasteiger partial charge is 0.478 e. The molecular formula is C11H8ClN3O4S. The molecule has 0 aliphatic heterocycles. The van der Waals surface area contributed by atoms with Gasteiger partial charge in [0.2, 0.25) is 0 Å². The van der Waals surface area contributed by atoms with Gasteiger partial charge in [-0.2, -0.15) is 5.10 Å². The molecule has 0 fully saturated rings. The maximum absolute atomic E-state index is 12.0. The number of anilines is 1. The molecule has 0 saturated heterocycles. The van der Waals surface area contributed by atoms with Crippen LogP contribution < -0.4 is 4.72 Å². The van der Waals surface area contributed by atoms with Crippen LogP contribution in [0.1, 0.15) is 10.4 Å². The molecule has 9 heteroatoms. The lowest BCUT2D eigenvalue weighted by Gasteiger charge is -2.07. The maximum atomic E-state index is 12.0. The molecule has 7 nitrogen and oxygen atoms in total. The third-order valence-electron chi connectivity index (χ3n) is 2.29. The van der Waals surface area contributed by atoms with E-state index >= 15 is 0 Å². The number of sulfonamides is 1. The van der Waals surface area contributed by atoms with E-state index in [0.717, 1.165) is 18.2 Å². The number of carboxylic acid groups (broad SMARTS) is 1. The summed E-state index contributed by atoms with van der Waals surface area (Å²) in [5, 5.41) is 15.8. The van der Waals surface area contributed by atoms with Crippen LogP contribution in [0.4, 0.5) is 5.82 Å². The summed E-state index contributed by atoms with van der Waals surface area (Å²) in [5.41, 5.74) is -0.176. The Morgan fingerprint density at radius 2 is 2.05 bits per heavy atom. The van der Waals surface area contributed by atoms with E-state index in [4.69, 9.17) is 16.7 Å². The molecule has 2 aromatic rings. The van der Waals surface area contributed by atoms with E-state index in [2.05, 4.69) is 14.9 Å². The Morgan fingerprint density at radius 1 is 1.30 bits per heavy atom. The highest BCUT2D eigenvalue weighted by atomic mass is 35.5. The van der Waals surface area contributed by atoms with Crippen LogP contribution >= 0.6 is 11.6 Å². The first-order valence-corrected chi connectivity index (χ1v) is 7.09. The first-order valence-electron chi connectivity index (χ1n) is 5.23. The molecule has 0 aliphatic rings. The Balaban J connectivity index is 2.35. The second kappa shape index (κ2) is 5.43. The van der Waals surface area contributed by atoms with E-state index in [1.165, 1.54) is 18.3 Å². The predicted octanol–water partition coefficient (Wildman–Crippen LogP) is 1.63. The number of carboxylic acids is 1. The van der Waals surface area contributed by atoms with Crippen LogP contribution in [0.5, 0.6) is 0 Å². The molecule has 1 aromatic carbocycles. The number of halogens is 1. The summed E-state index contributed by atoms with van der Waals surface area (Å²) in [6.45, 7) is 0. The van der Waals surface area contributed by atoms with Crippen molar-refractivity contribution in [1.82, 2.24) is 10.2 Å². The lowest BCUT2D eigenvalue weighted by atomic mass is 10.2. The Morgan fingerprint density at radius 3 is 2.60 bits per heavy atom. The molecule has 2 rings (SSSR count). The lowest BCUT2D eigenvalue weighted by Crippen LogP contribution is -2.14. The molecule has 1 heterocycles. The Labute approximate surface area is 119 Å². The van der Waals surface area contributed by atoms with Crippen molar-refractivity contribution in [2.24, 2.45) is 0 Å². The summed E-state index contributed by atoms with van der Waals surface area (Å²) in [7, 11) is -3.91. The topological polar surface area (TPSA) is 109 Å². The number of aromatic nitrogens is 2. The average Bonchev–Trinajstić information content (AvgIpc) is 2.38. The maximum Gasteiger partial charge on any atom is 0.337 e. The molecule has 0 spiro atoms. The fraction of sp³-hybridized carbons (Fsp3) is 0. The van der Waals surface area contributed by atoms with Gasteiger partial charge in [-0.1, -0.05) is 11.6 Å². The summed E-state index contributed by atoms with van der Waals surface area (Å²) in [5.74, 6) is -1.19. The second-order valence-corrected chi connectivity index (χ2v) is 5.75. The van der Waals surface area contributed by atoms with Gasteiger partial charge in [-0.15, -0.1) is 5.10 Å². The van der Waals surface area contributed by atoms with Crippen molar-refractivity contribution in [2.45, 2.75) is 4.90 Å². The van der Waals surface area contributed by atoms with Crippen molar-refractivity contribution in [3.8, 4) is 0 Å². The zero-order valence-corrected chi connectivity index (χ0v) is 11.4. The molecule has 0 atom stereocenters. The van der Waals surface area contributed by atoms with Crippen molar-refractivity contribution in [3.05, 3.63) is 47.1 Å². The molecule has 104 valence electrons. The highest BCUT2D eigenvalue weighted by molar-refractivity contribution is 7.92. The second-order valence-electron chi connectivity index (χ2n) is 3.66. The third-order valence-corrected chi connectivity index (χ3v) is 3.96. The quantitative estimate of drug-likeness (QED) is 0.887. The third kappa shape index (κ3) is 3.03. The van der Waals surface area contributed by atoms with Crippen LogP contribution in [0.3, 0.4) is 0 Å². The monoisotopic (exact) mass is 313 g/mol. The first-order chi connectivity index (χ1) is 9.40. The normalized spacial score (nSPS) is 11.1. The van der Waals surface area contributed by atoms with Gasteiger partial charge in [-0.3, -0.25) is 4.72 Å². The molecule has 0 radical (unpaired) electrons. The molecule has 0 amide bonds. The minimum absolute atomic E-state index is 0.0472. The van der Waals surface area contributed by atoms with Gasteiger partial charge in [0.25, 0.3) is 10.0 Å². The Kier molecular flexibility index (Phi) is 3.86. The van der Waals surface area contributed by atoms with Gasteiger partial charge < -0.3 is 5.11 Å². The lowest BCUT2D eigenvalue weighted by molar-refractivity contribution is 0.0697. The predicted molar refractivity (Wildman–Crippen MR) is 71.3 cm³/mol. The summed E-state index contributed by atoms with van der Waals surface area (Å²) < 4.78 is 26.3. The van der Waals surface area contributed by atoms with Crippen LogP contribution in [0.15, 0.2) is 41.4 Å². The van der Waals surface area contributed by atoms with Gasteiger partial charge >= 0.3 is 5.97 Å². The fourth-order valence-electron chi connectivity index (χ4n) is 1.39. The van der Waals surface area contributed by atoms with E-state index < -0.39 is 16.0 Å². The van der Waals surface area contributed by atoms with Crippen LogP contribution in [-0.2, 0) is 10.0 Å². The summed E-state index contributed by atoms with van der Waals surface area (Å²) >= 11 is 5.73. The molecule has 0 saturated carbocycles. The molecule has 0 aliphatic carbocycles. The van der Waals surface area contributed by atoms with Crippen LogP contribution in [0, 0.1) is 0 Å². The van der Waals surface area contributed by atoms with Crippen LogP contribution in [0.25, 0.3) is 0 Å². The summed E-state index contributed by atoms with van der Waals surface area (Å²) in [6.07, 6.45) is 1.40. The van der Waals surface area contributed by atoms with Crippen LogP contribution in [0.2, 0.25) is 5.02 Å². The van der Waals surface area contributed by atoms with E-state index in [1.807, 2.05) is 0 Å². The Bertz CT molecular complexity index is 750. The van der Waals surface area contributed by atoms with Gasteiger partial charge in [-0.05, 0) is 30.3 Å². The average molecular weight is 314 g/mol. The molecule has 1 aromatic heterocycles. The molecule has 2 N–H and O–H groups in total. The minimum Gasteiger partial charge on any atom is -0.478 e. The van der Waals surface area contributed by atoms with Crippen molar-refractivity contribution < 1.29 is 18.3 Å². The number of carbonyl (C=O) groups is 1. The highest BCUT2D eigenvalue weighted by Gasteiger charge is 2.18. The van der Waals surface area contributed by atoms with Gasteiger partial charge in [0.05, 0.1) is 15.5 Å².